The quantitative estimate of drug-likeness (QED) is 0.318. The van der Waals surface area contributed by atoms with Crippen LogP contribution in [0.4, 0.5) is 0 Å². The minimum atomic E-state index is 0.488. The summed E-state index contributed by atoms with van der Waals surface area (Å²) >= 11 is 0. The van der Waals surface area contributed by atoms with E-state index in [0.29, 0.717) is 18.1 Å². The van der Waals surface area contributed by atoms with Crippen LogP contribution in [0.25, 0.3) is 0 Å². The second kappa shape index (κ2) is 8.12. The number of benzene rings is 2. The van der Waals surface area contributed by atoms with E-state index in [0.717, 1.165) is 18.4 Å². The highest BCUT2D eigenvalue weighted by Gasteiger charge is 2.06. The lowest BCUT2D eigenvalue weighted by atomic mass is 10.1. The van der Waals surface area contributed by atoms with E-state index in [1.54, 1.807) is 7.11 Å². The first-order valence-corrected chi connectivity index (χ1v) is 6.94. The number of hydrogen-bond acceptors (Lipinski definition) is 3. The standard InChI is InChI=1S/C18H20O3/c1-3-7-16-10-11-17(18(14-16)19-2)21-20-13-12-15-8-5-4-6-9-15/h3-6,8-11,14H,1,7,12-13H2,2H3. The van der Waals surface area contributed by atoms with Crippen LogP contribution in [0.5, 0.6) is 11.5 Å². The van der Waals surface area contributed by atoms with Gasteiger partial charge in [-0.25, -0.2) is 0 Å². The minimum absolute atomic E-state index is 0.488. The maximum absolute atomic E-state index is 5.33. The Morgan fingerprint density at radius 1 is 1.00 bits per heavy atom. The summed E-state index contributed by atoms with van der Waals surface area (Å²) in [6, 6.07) is 15.9. The fourth-order valence-electron chi connectivity index (χ4n) is 1.98. The SMILES string of the molecule is C=CCc1ccc(OOCCc2ccccc2)c(OC)c1. The van der Waals surface area contributed by atoms with Gasteiger partial charge in [-0.1, -0.05) is 42.5 Å². The van der Waals surface area contributed by atoms with Crippen molar-refractivity contribution in [1.82, 2.24) is 0 Å². The molecule has 3 heteroatoms. The number of allylic oxidation sites excluding steroid dienone is 1. The summed E-state index contributed by atoms with van der Waals surface area (Å²) in [5.41, 5.74) is 2.34. The van der Waals surface area contributed by atoms with Crippen molar-refractivity contribution < 1.29 is 14.5 Å². The summed E-state index contributed by atoms with van der Waals surface area (Å²) < 4.78 is 5.31. The van der Waals surface area contributed by atoms with Gasteiger partial charge in [0.2, 0.25) is 5.75 Å². The molecule has 0 amide bonds. The smallest absolute Gasteiger partial charge is 0.207 e. The lowest BCUT2D eigenvalue weighted by Crippen LogP contribution is -2.03. The molecule has 0 aliphatic carbocycles. The molecule has 0 atom stereocenters. The van der Waals surface area contributed by atoms with Crippen molar-refractivity contribution in [3.8, 4) is 11.5 Å². The molecule has 2 rings (SSSR count). The number of rotatable bonds is 8. The topological polar surface area (TPSA) is 27.7 Å². The van der Waals surface area contributed by atoms with Crippen LogP contribution in [0.1, 0.15) is 11.1 Å². The molecule has 0 saturated carbocycles. The van der Waals surface area contributed by atoms with E-state index in [1.807, 2.05) is 42.5 Å². The van der Waals surface area contributed by atoms with Gasteiger partial charge in [0.05, 0.1) is 13.7 Å². The van der Waals surface area contributed by atoms with Gasteiger partial charge in [0.15, 0.2) is 5.75 Å². The lowest BCUT2D eigenvalue weighted by molar-refractivity contribution is -0.206. The zero-order chi connectivity index (χ0) is 14.9. The van der Waals surface area contributed by atoms with Crippen LogP contribution < -0.4 is 9.62 Å². The van der Waals surface area contributed by atoms with Crippen molar-refractivity contribution in [2.24, 2.45) is 0 Å². The van der Waals surface area contributed by atoms with Crippen molar-refractivity contribution >= 4 is 0 Å². The molecule has 3 nitrogen and oxygen atoms in total. The molecule has 2 aromatic rings. The zero-order valence-electron chi connectivity index (χ0n) is 12.2. The van der Waals surface area contributed by atoms with Crippen LogP contribution in [-0.4, -0.2) is 13.7 Å². The predicted molar refractivity (Wildman–Crippen MR) is 83.6 cm³/mol. The van der Waals surface area contributed by atoms with Gasteiger partial charge in [0.1, 0.15) is 0 Å². The third-order valence-electron chi connectivity index (χ3n) is 3.07. The molecule has 0 aliphatic rings. The average molecular weight is 284 g/mol. The molecule has 0 spiro atoms. The third kappa shape index (κ3) is 4.65. The average Bonchev–Trinajstić information content (AvgIpc) is 2.53. The summed E-state index contributed by atoms with van der Waals surface area (Å²) in [6.07, 6.45) is 3.45. The van der Waals surface area contributed by atoms with Gasteiger partial charge in [0, 0.05) is 0 Å². The van der Waals surface area contributed by atoms with E-state index in [1.165, 1.54) is 5.56 Å². The van der Waals surface area contributed by atoms with E-state index in [9.17, 15) is 0 Å². The van der Waals surface area contributed by atoms with Gasteiger partial charge in [-0.3, -0.25) is 0 Å². The van der Waals surface area contributed by atoms with Crippen molar-refractivity contribution in [1.29, 1.82) is 0 Å². The van der Waals surface area contributed by atoms with E-state index in [4.69, 9.17) is 14.5 Å². The largest absolute Gasteiger partial charge is 0.493 e. The third-order valence-corrected chi connectivity index (χ3v) is 3.07. The Hall–Kier alpha value is -2.26. The fourth-order valence-corrected chi connectivity index (χ4v) is 1.98. The molecule has 0 N–H and O–H groups in total. The van der Waals surface area contributed by atoms with Gasteiger partial charge in [-0.05, 0) is 36.1 Å². The van der Waals surface area contributed by atoms with Crippen molar-refractivity contribution in [2.75, 3.05) is 13.7 Å². The Labute approximate surface area is 125 Å². The number of hydrogen-bond donors (Lipinski definition) is 0. The summed E-state index contributed by atoms with van der Waals surface area (Å²) in [7, 11) is 1.61. The Morgan fingerprint density at radius 2 is 1.81 bits per heavy atom. The predicted octanol–water partition coefficient (Wildman–Crippen LogP) is 3.98. The molecule has 0 fully saturated rings. The Bertz CT molecular complexity index is 564. The van der Waals surface area contributed by atoms with Crippen LogP contribution in [0.15, 0.2) is 61.2 Å². The highest BCUT2D eigenvalue weighted by atomic mass is 17.2. The highest BCUT2D eigenvalue weighted by molar-refractivity contribution is 5.43. The Balaban J connectivity index is 1.86. The first kappa shape index (κ1) is 15.1. The van der Waals surface area contributed by atoms with Crippen molar-refractivity contribution in [3.05, 3.63) is 72.3 Å². The van der Waals surface area contributed by atoms with Gasteiger partial charge in [-0.2, -0.15) is 4.89 Å². The van der Waals surface area contributed by atoms with Crippen molar-refractivity contribution in [3.63, 3.8) is 0 Å². The van der Waals surface area contributed by atoms with Gasteiger partial charge in [0.25, 0.3) is 0 Å². The lowest BCUT2D eigenvalue weighted by Gasteiger charge is -2.10. The Kier molecular flexibility index (Phi) is 5.85. The second-order valence-electron chi connectivity index (χ2n) is 4.62. The van der Waals surface area contributed by atoms with Gasteiger partial charge >= 0.3 is 0 Å². The molecule has 0 unspecified atom stereocenters. The number of ether oxygens (including phenoxy) is 1. The molecule has 0 radical (unpaired) electrons. The highest BCUT2D eigenvalue weighted by Crippen LogP contribution is 2.28. The van der Waals surface area contributed by atoms with Crippen LogP contribution in [0.2, 0.25) is 0 Å². The molecule has 0 aliphatic heterocycles. The molecule has 110 valence electrons. The van der Waals surface area contributed by atoms with Crippen LogP contribution >= 0.6 is 0 Å². The zero-order valence-corrected chi connectivity index (χ0v) is 12.2. The summed E-state index contributed by atoms with van der Waals surface area (Å²) in [5.74, 6) is 1.24. The molecule has 0 aromatic heterocycles. The van der Waals surface area contributed by atoms with Crippen LogP contribution in [0, 0.1) is 0 Å². The molecule has 0 bridgehead atoms. The molecule has 2 aromatic carbocycles. The van der Waals surface area contributed by atoms with E-state index in [-0.39, 0.29) is 0 Å². The second-order valence-corrected chi connectivity index (χ2v) is 4.62. The fraction of sp³-hybridized carbons (Fsp3) is 0.222. The first-order valence-electron chi connectivity index (χ1n) is 6.94. The molecule has 0 heterocycles. The van der Waals surface area contributed by atoms with Crippen LogP contribution in [0.3, 0.4) is 0 Å². The molecule has 21 heavy (non-hydrogen) atoms. The molecule has 0 saturated heterocycles. The van der Waals surface area contributed by atoms with E-state index < -0.39 is 0 Å². The molecular weight excluding hydrogens is 264 g/mol. The normalized spacial score (nSPS) is 10.1. The van der Waals surface area contributed by atoms with Crippen LogP contribution in [-0.2, 0) is 17.7 Å². The van der Waals surface area contributed by atoms with Gasteiger partial charge in [-0.15, -0.1) is 6.58 Å². The van der Waals surface area contributed by atoms with E-state index >= 15 is 0 Å². The maximum atomic E-state index is 5.33. The monoisotopic (exact) mass is 284 g/mol. The summed E-state index contributed by atoms with van der Waals surface area (Å²) in [4.78, 5) is 10.6. The summed E-state index contributed by atoms with van der Waals surface area (Å²) in [6.45, 7) is 4.21. The maximum Gasteiger partial charge on any atom is 0.207 e. The summed E-state index contributed by atoms with van der Waals surface area (Å²) in [5, 5.41) is 0. The first-order chi connectivity index (χ1) is 10.3. The minimum Gasteiger partial charge on any atom is -0.493 e. The van der Waals surface area contributed by atoms with Crippen molar-refractivity contribution in [2.45, 2.75) is 12.8 Å². The van der Waals surface area contributed by atoms with E-state index in [2.05, 4.69) is 18.7 Å². The molecular formula is C18H20O3. The van der Waals surface area contributed by atoms with Gasteiger partial charge < -0.3 is 9.62 Å². The number of methoxy groups -OCH3 is 1. The Morgan fingerprint density at radius 3 is 2.52 bits per heavy atom.